The number of nitrogens with zero attached hydrogens (tertiary/aromatic N) is 2. The molecule has 7 heteroatoms. The van der Waals surface area contributed by atoms with Gasteiger partial charge in [-0.05, 0) is 32.2 Å². The second-order valence-corrected chi connectivity index (χ2v) is 6.24. The van der Waals surface area contributed by atoms with Crippen LogP contribution in [0.4, 0.5) is 18.3 Å². The van der Waals surface area contributed by atoms with Crippen molar-refractivity contribution in [3.05, 3.63) is 10.6 Å². The lowest BCUT2D eigenvalue weighted by Gasteiger charge is -2.22. The Morgan fingerprint density at radius 3 is 2.85 bits per heavy atom. The molecule has 114 valence electrons. The van der Waals surface area contributed by atoms with Gasteiger partial charge in [0, 0.05) is 11.9 Å². The van der Waals surface area contributed by atoms with E-state index in [1.807, 2.05) is 0 Å². The highest BCUT2D eigenvalue weighted by molar-refractivity contribution is 7.15. The summed E-state index contributed by atoms with van der Waals surface area (Å²) in [7, 11) is 1.45. The number of thiazole rings is 1. The Labute approximate surface area is 121 Å². The molecule has 0 radical (unpaired) electrons. The van der Waals surface area contributed by atoms with E-state index in [0.29, 0.717) is 5.13 Å². The zero-order valence-electron chi connectivity index (χ0n) is 11.8. The van der Waals surface area contributed by atoms with Crippen LogP contribution in [0.2, 0.25) is 0 Å². The highest BCUT2D eigenvalue weighted by atomic mass is 32.1. The van der Waals surface area contributed by atoms with E-state index in [0.717, 1.165) is 42.8 Å². The van der Waals surface area contributed by atoms with E-state index in [2.05, 4.69) is 17.2 Å². The first-order valence-electron chi connectivity index (χ1n) is 6.91. The fourth-order valence-electron chi connectivity index (χ4n) is 2.42. The van der Waals surface area contributed by atoms with Crippen LogP contribution in [0.15, 0.2) is 0 Å². The van der Waals surface area contributed by atoms with Crippen LogP contribution in [0.1, 0.15) is 42.8 Å². The van der Waals surface area contributed by atoms with Gasteiger partial charge < -0.3 is 10.2 Å². The molecule has 2 rings (SSSR count). The topological polar surface area (TPSA) is 28.2 Å². The molecular formula is C13H20F3N3S. The molecule has 20 heavy (non-hydrogen) atoms. The van der Waals surface area contributed by atoms with Gasteiger partial charge in [0.1, 0.15) is 6.54 Å². The second-order valence-electron chi connectivity index (χ2n) is 5.18. The summed E-state index contributed by atoms with van der Waals surface area (Å²) in [6.45, 7) is 2.06. The van der Waals surface area contributed by atoms with E-state index in [1.54, 1.807) is 0 Å². The molecule has 3 nitrogen and oxygen atoms in total. The van der Waals surface area contributed by atoms with E-state index >= 15 is 0 Å². The van der Waals surface area contributed by atoms with Crippen LogP contribution in [0.25, 0.3) is 0 Å². The van der Waals surface area contributed by atoms with Crippen molar-refractivity contribution in [1.29, 1.82) is 0 Å². The summed E-state index contributed by atoms with van der Waals surface area (Å²) in [5.41, 5.74) is 0.957. The number of hydrogen-bond donors (Lipinski definition) is 1. The van der Waals surface area contributed by atoms with Crippen molar-refractivity contribution in [2.24, 2.45) is 0 Å². The number of halogens is 3. The lowest BCUT2D eigenvalue weighted by molar-refractivity contribution is -0.119. The number of rotatable bonds is 5. The highest BCUT2D eigenvalue weighted by Crippen LogP contribution is 2.37. The maximum atomic E-state index is 12.4. The molecule has 0 saturated heterocycles. The summed E-state index contributed by atoms with van der Waals surface area (Å²) in [6.07, 6.45) is -0.146. The minimum Gasteiger partial charge on any atom is -0.342 e. The molecule has 0 spiro atoms. The summed E-state index contributed by atoms with van der Waals surface area (Å²) in [4.78, 5) is 6.78. The number of alkyl halides is 3. The second kappa shape index (κ2) is 6.30. The molecule has 1 unspecified atom stereocenters. The number of fused-ring (bicyclic) bond motifs is 1. The predicted molar refractivity (Wildman–Crippen MR) is 75.4 cm³/mol. The minimum atomic E-state index is -4.19. The van der Waals surface area contributed by atoms with Crippen LogP contribution < -0.4 is 10.2 Å². The summed E-state index contributed by atoms with van der Waals surface area (Å²) in [5, 5.41) is 3.90. The molecule has 0 saturated carbocycles. The van der Waals surface area contributed by atoms with Crippen molar-refractivity contribution < 1.29 is 13.2 Å². The zero-order valence-corrected chi connectivity index (χ0v) is 12.6. The lowest BCUT2D eigenvalue weighted by atomic mass is 9.97. The first kappa shape index (κ1) is 15.6. The predicted octanol–water partition coefficient (Wildman–Crippen LogP) is 3.52. The Hall–Kier alpha value is -0.820. The van der Waals surface area contributed by atoms with E-state index in [1.165, 1.54) is 23.3 Å². The standard InChI is InChI=1S/C13H20F3N3S/c1-3-7-17-9-5-4-6-10-11(9)18-12(20-10)19(2)8-13(14,15)16/h9,17H,3-8H2,1-2H3. The first-order chi connectivity index (χ1) is 9.40. The largest absolute Gasteiger partial charge is 0.405 e. The SMILES string of the molecule is CCCNC1CCCc2sc(N(C)CC(F)(F)F)nc21. The molecule has 0 aromatic carbocycles. The van der Waals surface area contributed by atoms with Crippen molar-refractivity contribution in [2.75, 3.05) is 25.0 Å². The van der Waals surface area contributed by atoms with E-state index in [4.69, 9.17) is 0 Å². The molecular weight excluding hydrogens is 287 g/mol. The van der Waals surface area contributed by atoms with E-state index in [-0.39, 0.29) is 6.04 Å². The molecule has 1 aromatic heterocycles. The number of aromatic nitrogens is 1. The smallest absolute Gasteiger partial charge is 0.342 e. The number of anilines is 1. The fraction of sp³-hybridized carbons (Fsp3) is 0.769. The molecule has 0 amide bonds. The van der Waals surface area contributed by atoms with Crippen molar-refractivity contribution in [2.45, 2.75) is 44.8 Å². The first-order valence-corrected chi connectivity index (χ1v) is 7.73. The average molecular weight is 307 g/mol. The van der Waals surface area contributed by atoms with Crippen molar-refractivity contribution >= 4 is 16.5 Å². The van der Waals surface area contributed by atoms with Crippen molar-refractivity contribution in [1.82, 2.24) is 10.3 Å². The van der Waals surface area contributed by atoms with Gasteiger partial charge in [-0.3, -0.25) is 0 Å². The summed E-state index contributed by atoms with van der Waals surface area (Å²) in [6, 6.07) is 0.197. The Bertz CT molecular complexity index is 445. The molecule has 1 atom stereocenters. The normalized spacial score (nSPS) is 18.9. The van der Waals surface area contributed by atoms with Crippen LogP contribution in [0, 0.1) is 0 Å². The van der Waals surface area contributed by atoms with Gasteiger partial charge in [-0.15, -0.1) is 11.3 Å². The quantitative estimate of drug-likeness (QED) is 0.902. The van der Waals surface area contributed by atoms with Crippen LogP contribution in [-0.4, -0.2) is 31.3 Å². The van der Waals surface area contributed by atoms with Crippen LogP contribution in [0.5, 0.6) is 0 Å². The van der Waals surface area contributed by atoms with E-state index in [9.17, 15) is 13.2 Å². The molecule has 1 aliphatic carbocycles. The Morgan fingerprint density at radius 2 is 2.20 bits per heavy atom. The number of nitrogens with one attached hydrogen (secondary N) is 1. The number of aryl methyl sites for hydroxylation is 1. The van der Waals surface area contributed by atoms with Gasteiger partial charge in [-0.2, -0.15) is 13.2 Å². The Balaban J connectivity index is 2.12. The van der Waals surface area contributed by atoms with E-state index < -0.39 is 12.7 Å². The van der Waals surface area contributed by atoms with Gasteiger partial charge in [0.25, 0.3) is 0 Å². The van der Waals surface area contributed by atoms with Gasteiger partial charge in [0.05, 0.1) is 11.7 Å². The Kier molecular flexibility index (Phi) is 4.90. The third kappa shape index (κ3) is 3.85. The summed E-state index contributed by atoms with van der Waals surface area (Å²) < 4.78 is 37.3. The van der Waals surface area contributed by atoms with Gasteiger partial charge >= 0.3 is 6.18 Å². The minimum absolute atomic E-state index is 0.197. The maximum absolute atomic E-state index is 12.4. The third-order valence-corrected chi connectivity index (χ3v) is 4.57. The van der Waals surface area contributed by atoms with Crippen LogP contribution in [0.3, 0.4) is 0 Å². The fourth-order valence-corrected chi connectivity index (χ4v) is 3.55. The molecule has 0 aliphatic heterocycles. The van der Waals surface area contributed by atoms with Gasteiger partial charge in [-0.1, -0.05) is 6.92 Å². The van der Waals surface area contributed by atoms with Gasteiger partial charge in [0.15, 0.2) is 5.13 Å². The molecule has 1 aliphatic rings. The summed E-state index contributed by atoms with van der Waals surface area (Å²) >= 11 is 1.40. The molecule has 1 aromatic rings. The van der Waals surface area contributed by atoms with Crippen LogP contribution >= 0.6 is 11.3 Å². The van der Waals surface area contributed by atoms with Gasteiger partial charge in [0.2, 0.25) is 0 Å². The lowest BCUT2D eigenvalue weighted by Crippen LogP contribution is -2.31. The Morgan fingerprint density at radius 1 is 1.45 bits per heavy atom. The number of hydrogen-bond acceptors (Lipinski definition) is 4. The van der Waals surface area contributed by atoms with Crippen LogP contribution in [-0.2, 0) is 6.42 Å². The molecule has 0 fully saturated rings. The maximum Gasteiger partial charge on any atom is 0.405 e. The monoisotopic (exact) mass is 307 g/mol. The molecule has 1 heterocycles. The van der Waals surface area contributed by atoms with Gasteiger partial charge in [-0.25, -0.2) is 4.98 Å². The van der Waals surface area contributed by atoms with Crippen molar-refractivity contribution in [3.63, 3.8) is 0 Å². The molecule has 1 N–H and O–H groups in total. The molecule has 0 bridgehead atoms. The third-order valence-electron chi connectivity index (χ3n) is 3.33. The highest BCUT2D eigenvalue weighted by Gasteiger charge is 2.32. The van der Waals surface area contributed by atoms with Crippen molar-refractivity contribution in [3.8, 4) is 0 Å². The average Bonchev–Trinajstić information content (AvgIpc) is 2.78. The zero-order chi connectivity index (χ0) is 14.8. The summed E-state index contributed by atoms with van der Waals surface area (Å²) in [5.74, 6) is 0.